The topological polar surface area (TPSA) is 12.0 Å². The molecule has 1 atom stereocenters. The molecule has 1 aromatic rings. The van der Waals surface area contributed by atoms with Crippen LogP contribution in [0.3, 0.4) is 0 Å². The predicted octanol–water partition coefficient (Wildman–Crippen LogP) is 3.86. The molecule has 0 aromatic heterocycles. The predicted molar refractivity (Wildman–Crippen MR) is 78.3 cm³/mol. The molecule has 0 aliphatic heterocycles. The molecule has 0 saturated heterocycles. The maximum absolute atomic E-state index is 13.6. The van der Waals surface area contributed by atoms with Crippen molar-refractivity contribution < 1.29 is 4.39 Å². The van der Waals surface area contributed by atoms with Crippen molar-refractivity contribution in [3.63, 3.8) is 0 Å². The Morgan fingerprint density at radius 3 is 2.88 bits per heavy atom. The van der Waals surface area contributed by atoms with E-state index in [2.05, 4.69) is 34.4 Å². The largest absolute Gasteiger partial charge is 0.313 e. The van der Waals surface area contributed by atoms with Gasteiger partial charge in [0.2, 0.25) is 0 Å². The van der Waals surface area contributed by atoms with Crippen LogP contribution in [0.5, 0.6) is 0 Å². The minimum Gasteiger partial charge on any atom is -0.313 e. The molecule has 1 aromatic carbocycles. The SMILES string of the molecule is CCCNC(CSC)Cc1cc(Br)ccc1F. The first-order chi connectivity index (χ1) is 8.17. The molecular formula is C13H19BrFNS. The lowest BCUT2D eigenvalue weighted by Gasteiger charge is -2.18. The Balaban J connectivity index is 2.67. The van der Waals surface area contributed by atoms with Crippen molar-refractivity contribution in [3.05, 3.63) is 34.1 Å². The van der Waals surface area contributed by atoms with E-state index in [-0.39, 0.29) is 5.82 Å². The van der Waals surface area contributed by atoms with Crippen LogP contribution in [0.2, 0.25) is 0 Å². The van der Waals surface area contributed by atoms with E-state index in [9.17, 15) is 4.39 Å². The first-order valence-corrected chi connectivity index (χ1v) is 8.02. The van der Waals surface area contributed by atoms with Crippen LogP contribution in [-0.4, -0.2) is 24.6 Å². The summed E-state index contributed by atoms with van der Waals surface area (Å²) in [7, 11) is 0. The fourth-order valence-electron chi connectivity index (χ4n) is 1.70. The van der Waals surface area contributed by atoms with E-state index in [0.29, 0.717) is 6.04 Å². The van der Waals surface area contributed by atoms with Gasteiger partial charge < -0.3 is 5.32 Å². The standard InChI is InChI=1S/C13H19BrFNS/c1-3-6-16-12(9-17-2)8-10-7-11(14)4-5-13(10)15/h4-5,7,12,16H,3,6,8-9H2,1-2H3. The second-order valence-corrected chi connectivity index (χ2v) is 5.87. The molecule has 0 aliphatic rings. The lowest BCUT2D eigenvalue weighted by atomic mass is 10.1. The fourth-order valence-corrected chi connectivity index (χ4v) is 2.75. The van der Waals surface area contributed by atoms with E-state index >= 15 is 0 Å². The van der Waals surface area contributed by atoms with Crippen LogP contribution >= 0.6 is 27.7 Å². The third-order valence-electron chi connectivity index (χ3n) is 2.52. The molecule has 0 amide bonds. The molecule has 0 aliphatic carbocycles. The second kappa shape index (κ2) is 8.11. The van der Waals surface area contributed by atoms with Crippen molar-refractivity contribution in [1.29, 1.82) is 0 Å². The third kappa shape index (κ3) is 5.40. The summed E-state index contributed by atoms with van der Waals surface area (Å²) in [6.45, 7) is 3.13. The fraction of sp³-hybridized carbons (Fsp3) is 0.538. The minimum atomic E-state index is -0.113. The summed E-state index contributed by atoms with van der Waals surface area (Å²) in [5.41, 5.74) is 0.780. The summed E-state index contributed by atoms with van der Waals surface area (Å²) >= 11 is 5.18. The van der Waals surface area contributed by atoms with E-state index in [0.717, 1.165) is 35.2 Å². The van der Waals surface area contributed by atoms with Crippen LogP contribution in [0, 0.1) is 5.82 Å². The highest BCUT2D eigenvalue weighted by molar-refractivity contribution is 9.10. The first kappa shape index (κ1) is 15.0. The zero-order chi connectivity index (χ0) is 12.7. The molecule has 0 heterocycles. The number of rotatable bonds is 7. The smallest absolute Gasteiger partial charge is 0.126 e. The molecule has 1 nitrogen and oxygen atoms in total. The van der Waals surface area contributed by atoms with Gasteiger partial charge in [-0.3, -0.25) is 0 Å². The van der Waals surface area contributed by atoms with Crippen LogP contribution in [0.1, 0.15) is 18.9 Å². The van der Waals surface area contributed by atoms with Gasteiger partial charge >= 0.3 is 0 Å². The highest BCUT2D eigenvalue weighted by Gasteiger charge is 2.11. The lowest BCUT2D eigenvalue weighted by Crippen LogP contribution is -2.34. The van der Waals surface area contributed by atoms with Gasteiger partial charge in [-0.2, -0.15) is 11.8 Å². The van der Waals surface area contributed by atoms with Crippen molar-refractivity contribution >= 4 is 27.7 Å². The molecular weight excluding hydrogens is 301 g/mol. The number of thioether (sulfide) groups is 1. The second-order valence-electron chi connectivity index (χ2n) is 4.05. The average molecular weight is 320 g/mol. The Bertz CT molecular complexity index is 346. The van der Waals surface area contributed by atoms with E-state index < -0.39 is 0 Å². The van der Waals surface area contributed by atoms with Crippen LogP contribution < -0.4 is 5.32 Å². The molecule has 0 spiro atoms. The van der Waals surface area contributed by atoms with Gasteiger partial charge in [-0.1, -0.05) is 22.9 Å². The van der Waals surface area contributed by atoms with Gasteiger partial charge in [0.25, 0.3) is 0 Å². The summed E-state index contributed by atoms with van der Waals surface area (Å²) in [4.78, 5) is 0. The van der Waals surface area contributed by atoms with E-state index in [1.54, 1.807) is 17.8 Å². The molecule has 1 unspecified atom stereocenters. The number of hydrogen-bond acceptors (Lipinski definition) is 2. The molecule has 4 heteroatoms. The third-order valence-corrected chi connectivity index (χ3v) is 3.75. The van der Waals surface area contributed by atoms with Gasteiger partial charge in [-0.05, 0) is 49.4 Å². The summed E-state index contributed by atoms with van der Waals surface area (Å²) in [5.74, 6) is 0.893. The summed E-state index contributed by atoms with van der Waals surface area (Å²) in [6, 6.07) is 5.47. The zero-order valence-electron chi connectivity index (χ0n) is 10.3. The zero-order valence-corrected chi connectivity index (χ0v) is 12.7. The molecule has 0 bridgehead atoms. The highest BCUT2D eigenvalue weighted by atomic mass is 79.9. The van der Waals surface area contributed by atoms with Crippen molar-refractivity contribution in [2.75, 3.05) is 18.6 Å². The Hall–Kier alpha value is -0.0600. The van der Waals surface area contributed by atoms with Crippen LogP contribution in [0.25, 0.3) is 0 Å². The van der Waals surface area contributed by atoms with E-state index in [4.69, 9.17) is 0 Å². The number of halogens is 2. The normalized spacial score (nSPS) is 12.7. The van der Waals surface area contributed by atoms with Crippen molar-refractivity contribution in [2.24, 2.45) is 0 Å². The number of nitrogens with one attached hydrogen (secondary N) is 1. The van der Waals surface area contributed by atoms with E-state index in [1.165, 1.54) is 6.07 Å². The molecule has 1 N–H and O–H groups in total. The first-order valence-electron chi connectivity index (χ1n) is 5.83. The van der Waals surface area contributed by atoms with Crippen LogP contribution in [-0.2, 0) is 6.42 Å². The average Bonchev–Trinajstić information content (AvgIpc) is 2.31. The van der Waals surface area contributed by atoms with Gasteiger partial charge in [0, 0.05) is 16.3 Å². The Morgan fingerprint density at radius 2 is 2.24 bits per heavy atom. The molecule has 96 valence electrons. The quantitative estimate of drug-likeness (QED) is 0.819. The lowest BCUT2D eigenvalue weighted by molar-refractivity contribution is 0.530. The number of hydrogen-bond donors (Lipinski definition) is 1. The van der Waals surface area contributed by atoms with Gasteiger partial charge in [-0.15, -0.1) is 0 Å². The van der Waals surface area contributed by atoms with Crippen molar-refractivity contribution in [1.82, 2.24) is 5.32 Å². The van der Waals surface area contributed by atoms with Crippen LogP contribution in [0.15, 0.2) is 22.7 Å². The van der Waals surface area contributed by atoms with Gasteiger partial charge in [0.15, 0.2) is 0 Å². The number of benzene rings is 1. The monoisotopic (exact) mass is 319 g/mol. The summed E-state index contributed by atoms with van der Waals surface area (Å²) in [5, 5.41) is 3.46. The molecule has 0 fully saturated rings. The maximum atomic E-state index is 13.6. The highest BCUT2D eigenvalue weighted by Crippen LogP contribution is 2.17. The maximum Gasteiger partial charge on any atom is 0.126 e. The molecule has 1 rings (SSSR count). The van der Waals surface area contributed by atoms with Crippen molar-refractivity contribution in [2.45, 2.75) is 25.8 Å². The molecule has 0 radical (unpaired) electrons. The molecule has 0 saturated carbocycles. The Morgan fingerprint density at radius 1 is 1.47 bits per heavy atom. The van der Waals surface area contributed by atoms with E-state index in [1.807, 2.05) is 6.07 Å². The Labute approximate surface area is 116 Å². The minimum absolute atomic E-state index is 0.113. The summed E-state index contributed by atoms with van der Waals surface area (Å²) < 4.78 is 14.6. The van der Waals surface area contributed by atoms with Gasteiger partial charge in [0.1, 0.15) is 5.82 Å². The Kier molecular flexibility index (Phi) is 7.16. The summed E-state index contributed by atoms with van der Waals surface area (Å²) in [6.07, 6.45) is 3.93. The molecule has 17 heavy (non-hydrogen) atoms. The van der Waals surface area contributed by atoms with Crippen LogP contribution in [0.4, 0.5) is 4.39 Å². The van der Waals surface area contributed by atoms with Gasteiger partial charge in [-0.25, -0.2) is 4.39 Å². The van der Waals surface area contributed by atoms with Crippen molar-refractivity contribution in [3.8, 4) is 0 Å². The van der Waals surface area contributed by atoms with Gasteiger partial charge in [0.05, 0.1) is 0 Å².